The van der Waals surface area contributed by atoms with E-state index in [1.807, 2.05) is 30.3 Å². The summed E-state index contributed by atoms with van der Waals surface area (Å²) in [6.07, 6.45) is 1.34. The first-order valence-electron chi connectivity index (χ1n) is 9.37. The van der Waals surface area contributed by atoms with Crippen LogP contribution in [0, 0.1) is 10.1 Å². The lowest BCUT2D eigenvalue weighted by Gasteiger charge is -2.09. The van der Waals surface area contributed by atoms with Gasteiger partial charge in [-0.05, 0) is 24.3 Å². The van der Waals surface area contributed by atoms with E-state index in [0.717, 1.165) is 5.56 Å². The largest absolute Gasteiger partial charge is 0.507 e. The number of aromatic hydroxyl groups is 1. The average molecular weight is 411 g/mol. The van der Waals surface area contributed by atoms with Crippen LogP contribution in [0.1, 0.15) is 5.56 Å². The first-order chi connectivity index (χ1) is 15.1. The molecule has 0 saturated heterocycles. The lowest BCUT2D eigenvalue weighted by atomic mass is 10.1. The summed E-state index contributed by atoms with van der Waals surface area (Å²) in [6.45, 7) is 0. The van der Waals surface area contributed by atoms with E-state index in [1.165, 1.54) is 12.3 Å². The van der Waals surface area contributed by atoms with Crippen molar-refractivity contribution in [1.82, 2.24) is 9.97 Å². The fourth-order valence-electron chi connectivity index (χ4n) is 3.00. The molecule has 31 heavy (non-hydrogen) atoms. The minimum absolute atomic E-state index is 0.0538. The Kier molecular flexibility index (Phi) is 5.62. The number of nitrogens with one attached hydrogen (secondary N) is 1. The molecule has 0 amide bonds. The van der Waals surface area contributed by atoms with E-state index in [-0.39, 0.29) is 17.4 Å². The molecule has 0 radical (unpaired) electrons. The summed E-state index contributed by atoms with van der Waals surface area (Å²) in [4.78, 5) is 19.6. The van der Waals surface area contributed by atoms with E-state index in [9.17, 15) is 15.2 Å². The molecule has 4 aromatic rings. The lowest BCUT2D eigenvalue weighted by Crippen LogP contribution is -2.01. The summed E-state index contributed by atoms with van der Waals surface area (Å²) in [5, 5.41) is 25.5. The van der Waals surface area contributed by atoms with Gasteiger partial charge < -0.3 is 5.11 Å². The molecule has 0 unspecified atom stereocenters. The zero-order valence-corrected chi connectivity index (χ0v) is 16.2. The van der Waals surface area contributed by atoms with Gasteiger partial charge in [0.15, 0.2) is 0 Å². The molecule has 0 bridgehead atoms. The highest BCUT2D eigenvalue weighted by Gasteiger charge is 2.12. The molecule has 3 aromatic carbocycles. The van der Waals surface area contributed by atoms with Crippen LogP contribution >= 0.6 is 0 Å². The number of anilines is 1. The summed E-state index contributed by atoms with van der Waals surface area (Å²) in [7, 11) is 0. The third-order valence-corrected chi connectivity index (χ3v) is 4.48. The van der Waals surface area contributed by atoms with Crippen molar-refractivity contribution in [2.24, 2.45) is 5.10 Å². The smallest absolute Gasteiger partial charge is 0.278 e. The summed E-state index contributed by atoms with van der Waals surface area (Å²) in [5.74, 6) is 0.281. The Morgan fingerprint density at radius 2 is 1.58 bits per heavy atom. The number of phenolic OH excluding ortho intramolecular Hbond substituents is 1. The zero-order valence-electron chi connectivity index (χ0n) is 16.2. The minimum atomic E-state index is -0.468. The highest BCUT2D eigenvalue weighted by molar-refractivity contribution is 5.85. The van der Waals surface area contributed by atoms with Gasteiger partial charge >= 0.3 is 0 Å². The molecule has 152 valence electrons. The number of nitrogens with zero attached hydrogens (tertiary/aromatic N) is 4. The Hall–Kier alpha value is -4.59. The van der Waals surface area contributed by atoms with Crippen molar-refractivity contribution >= 4 is 17.9 Å². The Morgan fingerprint density at radius 1 is 0.903 bits per heavy atom. The number of benzene rings is 3. The van der Waals surface area contributed by atoms with Crippen LogP contribution in [-0.4, -0.2) is 26.2 Å². The molecule has 1 aromatic heterocycles. The van der Waals surface area contributed by atoms with Gasteiger partial charge in [-0.2, -0.15) is 5.10 Å². The molecular weight excluding hydrogens is 394 g/mol. The predicted octanol–water partition coefficient (Wildman–Crippen LogP) is 4.87. The summed E-state index contributed by atoms with van der Waals surface area (Å²) >= 11 is 0. The van der Waals surface area contributed by atoms with Crippen LogP contribution in [0.4, 0.5) is 11.6 Å². The SMILES string of the molecule is O=[N+]([O-])c1ccccc1/C=N/Nc1nc(-c2ccccc2)cc(-c2ccccc2O)n1. The van der Waals surface area contributed by atoms with E-state index < -0.39 is 4.92 Å². The summed E-state index contributed by atoms with van der Waals surface area (Å²) in [6, 6.07) is 24.5. The van der Waals surface area contributed by atoms with Gasteiger partial charge in [0.1, 0.15) is 5.75 Å². The maximum atomic E-state index is 11.2. The molecule has 0 atom stereocenters. The van der Waals surface area contributed by atoms with Gasteiger partial charge in [-0.25, -0.2) is 15.4 Å². The Labute approximate surface area is 177 Å². The molecule has 0 spiro atoms. The highest BCUT2D eigenvalue weighted by Crippen LogP contribution is 2.30. The fourth-order valence-corrected chi connectivity index (χ4v) is 3.00. The zero-order chi connectivity index (χ0) is 21.6. The van der Waals surface area contributed by atoms with Crippen molar-refractivity contribution in [1.29, 1.82) is 0 Å². The molecule has 1 heterocycles. The molecule has 2 N–H and O–H groups in total. The first-order valence-corrected chi connectivity index (χ1v) is 9.37. The fraction of sp³-hybridized carbons (Fsp3) is 0. The number of aromatic nitrogens is 2. The second-order valence-electron chi connectivity index (χ2n) is 6.53. The second kappa shape index (κ2) is 8.83. The van der Waals surface area contributed by atoms with Crippen LogP contribution in [0.2, 0.25) is 0 Å². The Morgan fingerprint density at radius 3 is 2.35 bits per heavy atom. The summed E-state index contributed by atoms with van der Waals surface area (Å²) in [5.41, 5.74) is 5.60. The van der Waals surface area contributed by atoms with Crippen LogP contribution < -0.4 is 5.43 Å². The maximum Gasteiger partial charge on any atom is 0.278 e. The van der Waals surface area contributed by atoms with Gasteiger partial charge in [0, 0.05) is 17.2 Å². The van der Waals surface area contributed by atoms with Crippen molar-refractivity contribution in [2.45, 2.75) is 0 Å². The summed E-state index contributed by atoms with van der Waals surface area (Å²) < 4.78 is 0. The molecule has 0 fully saturated rings. The van der Waals surface area contributed by atoms with Crippen molar-refractivity contribution in [3.05, 3.63) is 101 Å². The normalized spacial score (nSPS) is 10.8. The van der Waals surface area contributed by atoms with E-state index in [0.29, 0.717) is 22.5 Å². The van der Waals surface area contributed by atoms with Crippen molar-refractivity contribution in [3.8, 4) is 28.3 Å². The highest BCUT2D eigenvalue weighted by atomic mass is 16.6. The average Bonchev–Trinajstić information content (AvgIpc) is 2.80. The second-order valence-corrected chi connectivity index (χ2v) is 6.53. The van der Waals surface area contributed by atoms with Gasteiger partial charge in [-0.3, -0.25) is 10.1 Å². The monoisotopic (exact) mass is 411 g/mol. The van der Waals surface area contributed by atoms with Gasteiger partial charge in [-0.15, -0.1) is 0 Å². The molecule has 0 saturated carbocycles. The number of para-hydroxylation sites is 2. The topological polar surface area (TPSA) is 114 Å². The van der Waals surface area contributed by atoms with Crippen LogP contribution in [0.15, 0.2) is 90.0 Å². The predicted molar refractivity (Wildman–Crippen MR) is 119 cm³/mol. The molecule has 0 aliphatic rings. The van der Waals surface area contributed by atoms with Crippen molar-refractivity contribution in [2.75, 3.05) is 5.43 Å². The van der Waals surface area contributed by atoms with E-state index in [2.05, 4.69) is 20.5 Å². The third kappa shape index (κ3) is 4.54. The molecule has 4 rings (SSSR count). The van der Waals surface area contributed by atoms with Gasteiger partial charge in [0.05, 0.1) is 28.1 Å². The number of nitro benzene ring substituents is 1. The van der Waals surface area contributed by atoms with Gasteiger partial charge in [0.2, 0.25) is 5.95 Å². The van der Waals surface area contributed by atoms with Crippen LogP contribution in [0.25, 0.3) is 22.5 Å². The van der Waals surface area contributed by atoms with Crippen LogP contribution in [0.5, 0.6) is 5.75 Å². The molecule has 8 heteroatoms. The minimum Gasteiger partial charge on any atom is -0.507 e. The van der Waals surface area contributed by atoms with Crippen molar-refractivity contribution < 1.29 is 10.0 Å². The Balaban J connectivity index is 1.71. The number of nitro groups is 1. The number of rotatable bonds is 6. The van der Waals surface area contributed by atoms with E-state index >= 15 is 0 Å². The van der Waals surface area contributed by atoms with Crippen LogP contribution in [-0.2, 0) is 0 Å². The molecule has 8 nitrogen and oxygen atoms in total. The lowest BCUT2D eigenvalue weighted by molar-refractivity contribution is -0.385. The third-order valence-electron chi connectivity index (χ3n) is 4.48. The Bertz CT molecular complexity index is 1260. The van der Waals surface area contributed by atoms with Crippen LogP contribution in [0.3, 0.4) is 0 Å². The standard InChI is InChI=1S/C23H17N5O3/c29-22-13-7-5-11-18(22)20-14-19(16-8-2-1-3-9-16)25-23(26-20)27-24-15-17-10-4-6-12-21(17)28(30)31/h1-15,29H,(H,25,26,27)/b24-15+. The number of hydrogen-bond donors (Lipinski definition) is 2. The number of phenols is 1. The van der Waals surface area contributed by atoms with Gasteiger partial charge in [0.25, 0.3) is 5.69 Å². The van der Waals surface area contributed by atoms with Crippen molar-refractivity contribution in [3.63, 3.8) is 0 Å². The van der Waals surface area contributed by atoms with E-state index in [1.54, 1.807) is 48.5 Å². The van der Waals surface area contributed by atoms with Gasteiger partial charge in [-0.1, -0.05) is 54.6 Å². The number of hydrogen-bond acceptors (Lipinski definition) is 7. The quantitative estimate of drug-likeness (QED) is 0.266. The molecule has 0 aliphatic carbocycles. The van der Waals surface area contributed by atoms with E-state index in [4.69, 9.17) is 0 Å². The molecular formula is C23H17N5O3. The number of hydrazone groups is 1. The molecule has 0 aliphatic heterocycles. The maximum absolute atomic E-state index is 11.2. The first kappa shape index (κ1) is 19.7.